The molecule has 0 aliphatic carbocycles. The number of hydrogen-bond acceptors (Lipinski definition) is 4. The van der Waals surface area contributed by atoms with Crippen LogP contribution in [0, 0.1) is 0 Å². The van der Waals surface area contributed by atoms with Gasteiger partial charge >= 0.3 is 12.0 Å². The van der Waals surface area contributed by atoms with Gasteiger partial charge in [0.25, 0.3) is 0 Å². The predicted molar refractivity (Wildman–Crippen MR) is 84.0 cm³/mol. The van der Waals surface area contributed by atoms with Crippen LogP contribution in [0.1, 0.15) is 22.9 Å². The first-order valence-electron chi connectivity index (χ1n) is 7.11. The molecule has 0 spiro atoms. The van der Waals surface area contributed by atoms with E-state index in [0.717, 1.165) is 41.3 Å². The van der Waals surface area contributed by atoms with Crippen LogP contribution >= 0.6 is 23.1 Å². The zero-order valence-corrected chi connectivity index (χ0v) is 13.3. The Bertz CT molecular complexity index is 538. The molecular weight excluding hydrogens is 308 g/mol. The Morgan fingerprint density at radius 2 is 2.10 bits per heavy atom. The van der Waals surface area contributed by atoms with Gasteiger partial charge < -0.3 is 14.9 Å². The summed E-state index contributed by atoms with van der Waals surface area (Å²) in [6, 6.07) is 0.890. The zero-order chi connectivity index (χ0) is 14.8. The molecule has 1 saturated heterocycles. The highest BCUT2D eigenvalue weighted by atomic mass is 32.2. The van der Waals surface area contributed by atoms with Gasteiger partial charge in [0.1, 0.15) is 0 Å². The molecule has 21 heavy (non-hydrogen) atoms. The van der Waals surface area contributed by atoms with E-state index < -0.39 is 12.0 Å². The summed E-state index contributed by atoms with van der Waals surface area (Å²) in [6.45, 7) is 1.93. The molecule has 0 radical (unpaired) electrons. The number of amides is 2. The molecule has 1 aromatic heterocycles. The standard InChI is InChI=1S/C14H18N2O3S2/c17-13(18)12-10-3-8-21-11(10)2-5-16(12)14(19)15-4-1-7-20-9-6-15/h3,8,12H,1-2,4-7,9H2,(H,17,18). The van der Waals surface area contributed by atoms with Crippen molar-refractivity contribution in [3.05, 3.63) is 21.9 Å². The largest absolute Gasteiger partial charge is 0.479 e. The lowest BCUT2D eigenvalue weighted by Gasteiger charge is -2.36. The first-order valence-corrected chi connectivity index (χ1v) is 9.14. The third kappa shape index (κ3) is 2.89. The molecule has 7 heteroatoms. The van der Waals surface area contributed by atoms with Crippen LogP contribution in [-0.4, -0.2) is 58.0 Å². The van der Waals surface area contributed by atoms with Gasteiger partial charge in [-0.1, -0.05) is 0 Å². The number of hydrogen-bond donors (Lipinski definition) is 1. The molecular formula is C14H18N2O3S2. The normalized spacial score (nSPS) is 22.6. The number of carbonyl (C=O) groups is 2. The Balaban J connectivity index is 1.83. The highest BCUT2D eigenvalue weighted by Gasteiger charge is 2.38. The number of thiophene rings is 1. The van der Waals surface area contributed by atoms with Gasteiger partial charge in [-0.25, -0.2) is 9.59 Å². The molecule has 3 rings (SSSR count). The van der Waals surface area contributed by atoms with E-state index >= 15 is 0 Å². The Hall–Kier alpha value is -1.21. The summed E-state index contributed by atoms with van der Waals surface area (Å²) in [4.78, 5) is 28.8. The fraction of sp³-hybridized carbons (Fsp3) is 0.571. The average molecular weight is 326 g/mol. The van der Waals surface area contributed by atoms with Gasteiger partial charge in [-0.2, -0.15) is 11.8 Å². The fourth-order valence-electron chi connectivity index (χ4n) is 2.91. The van der Waals surface area contributed by atoms with Gasteiger partial charge in [0.15, 0.2) is 6.04 Å². The van der Waals surface area contributed by atoms with E-state index in [-0.39, 0.29) is 6.03 Å². The van der Waals surface area contributed by atoms with Crippen LogP contribution in [0.4, 0.5) is 4.79 Å². The Kier molecular flexibility index (Phi) is 4.40. The first-order chi connectivity index (χ1) is 10.2. The van der Waals surface area contributed by atoms with Gasteiger partial charge in [-0.05, 0) is 35.6 Å². The van der Waals surface area contributed by atoms with E-state index in [4.69, 9.17) is 0 Å². The van der Waals surface area contributed by atoms with Crippen LogP contribution in [0.5, 0.6) is 0 Å². The topological polar surface area (TPSA) is 60.9 Å². The monoisotopic (exact) mass is 326 g/mol. The van der Waals surface area contributed by atoms with Gasteiger partial charge in [0.2, 0.25) is 0 Å². The molecule has 2 amide bonds. The van der Waals surface area contributed by atoms with Crippen LogP contribution in [0.2, 0.25) is 0 Å². The summed E-state index contributed by atoms with van der Waals surface area (Å²) in [6.07, 6.45) is 1.73. The van der Waals surface area contributed by atoms with Crippen molar-refractivity contribution >= 4 is 35.1 Å². The Morgan fingerprint density at radius 1 is 1.24 bits per heavy atom. The number of carboxylic acids is 1. The fourth-order valence-corrected chi connectivity index (χ4v) is 4.70. The third-order valence-electron chi connectivity index (χ3n) is 3.94. The van der Waals surface area contributed by atoms with Crippen molar-refractivity contribution in [2.75, 3.05) is 31.1 Å². The number of fused-ring (bicyclic) bond motifs is 1. The van der Waals surface area contributed by atoms with Crippen LogP contribution < -0.4 is 0 Å². The summed E-state index contributed by atoms with van der Waals surface area (Å²) in [5, 5.41) is 11.5. The zero-order valence-electron chi connectivity index (χ0n) is 11.7. The first kappa shape index (κ1) is 14.7. The van der Waals surface area contributed by atoms with E-state index in [9.17, 15) is 14.7 Å². The maximum atomic E-state index is 12.7. The molecule has 1 unspecified atom stereocenters. The van der Waals surface area contributed by atoms with E-state index in [1.54, 1.807) is 11.3 Å². The lowest BCUT2D eigenvalue weighted by molar-refractivity contribution is -0.143. The molecule has 0 bridgehead atoms. The molecule has 1 aromatic rings. The second-order valence-electron chi connectivity index (χ2n) is 5.22. The molecule has 1 N–H and O–H groups in total. The number of nitrogens with zero attached hydrogens (tertiary/aromatic N) is 2. The molecule has 2 aliphatic rings. The smallest absolute Gasteiger partial charge is 0.331 e. The van der Waals surface area contributed by atoms with Crippen LogP contribution in [0.15, 0.2) is 11.4 Å². The highest BCUT2D eigenvalue weighted by molar-refractivity contribution is 7.99. The van der Waals surface area contributed by atoms with Crippen molar-refractivity contribution in [2.24, 2.45) is 0 Å². The van der Waals surface area contributed by atoms with Crippen molar-refractivity contribution < 1.29 is 14.7 Å². The molecule has 1 fully saturated rings. The summed E-state index contributed by atoms with van der Waals surface area (Å²) in [5.41, 5.74) is 0.788. The lowest BCUT2D eigenvalue weighted by atomic mass is 10.0. The second kappa shape index (κ2) is 6.27. The van der Waals surface area contributed by atoms with Gasteiger partial charge in [-0.15, -0.1) is 11.3 Å². The SMILES string of the molecule is O=C(O)C1c2ccsc2CCN1C(=O)N1CCCSCC1. The van der Waals surface area contributed by atoms with Crippen LogP contribution in [0.3, 0.4) is 0 Å². The van der Waals surface area contributed by atoms with E-state index in [1.165, 1.54) is 4.90 Å². The highest BCUT2D eigenvalue weighted by Crippen LogP contribution is 2.34. The summed E-state index contributed by atoms with van der Waals surface area (Å²) in [5.74, 6) is 1.06. The van der Waals surface area contributed by atoms with Crippen molar-refractivity contribution in [3.8, 4) is 0 Å². The van der Waals surface area contributed by atoms with Gasteiger partial charge in [0, 0.05) is 30.3 Å². The summed E-state index contributed by atoms with van der Waals surface area (Å²) in [7, 11) is 0. The van der Waals surface area contributed by atoms with Crippen molar-refractivity contribution in [2.45, 2.75) is 18.9 Å². The van der Waals surface area contributed by atoms with Crippen LogP contribution in [0.25, 0.3) is 0 Å². The van der Waals surface area contributed by atoms with E-state index in [1.807, 2.05) is 28.1 Å². The summed E-state index contributed by atoms with van der Waals surface area (Å²) < 4.78 is 0. The number of urea groups is 1. The predicted octanol–water partition coefficient (Wildman–Crippen LogP) is 2.29. The Labute approximate surface area is 131 Å². The third-order valence-corrected chi connectivity index (χ3v) is 5.98. The quantitative estimate of drug-likeness (QED) is 0.860. The van der Waals surface area contributed by atoms with E-state index in [2.05, 4.69) is 0 Å². The molecule has 1 atom stereocenters. The number of rotatable bonds is 1. The number of thioether (sulfide) groups is 1. The number of aliphatic carboxylic acids is 1. The molecule has 114 valence electrons. The maximum Gasteiger partial charge on any atom is 0.331 e. The van der Waals surface area contributed by atoms with Crippen LogP contribution in [-0.2, 0) is 11.2 Å². The second-order valence-corrected chi connectivity index (χ2v) is 7.44. The Morgan fingerprint density at radius 3 is 2.90 bits per heavy atom. The molecule has 0 aromatic carbocycles. The lowest BCUT2D eigenvalue weighted by Crippen LogP contribution is -2.50. The molecule has 3 heterocycles. The average Bonchev–Trinajstić information content (AvgIpc) is 2.78. The minimum absolute atomic E-state index is 0.123. The molecule has 5 nitrogen and oxygen atoms in total. The molecule has 0 saturated carbocycles. The van der Waals surface area contributed by atoms with Crippen molar-refractivity contribution in [1.82, 2.24) is 9.80 Å². The van der Waals surface area contributed by atoms with Gasteiger partial charge in [-0.3, -0.25) is 0 Å². The maximum absolute atomic E-state index is 12.7. The van der Waals surface area contributed by atoms with E-state index in [0.29, 0.717) is 13.1 Å². The number of carboxylic acid groups (broad SMARTS) is 1. The van der Waals surface area contributed by atoms with Crippen molar-refractivity contribution in [1.29, 1.82) is 0 Å². The van der Waals surface area contributed by atoms with Crippen molar-refractivity contribution in [3.63, 3.8) is 0 Å². The minimum Gasteiger partial charge on any atom is -0.479 e. The minimum atomic E-state index is -0.938. The summed E-state index contributed by atoms with van der Waals surface area (Å²) >= 11 is 3.43. The number of carbonyl (C=O) groups excluding carboxylic acids is 1. The van der Waals surface area contributed by atoms with Gasteiger partial charge in [0.05, 0.1) is 0 Å². The molecule has 2 aliphatic heterocycles.